The maximum atomic E-state index is 12.9. The molecule has 0 rings (SSSR count). The van der Waals surface area contributed by atoms with Gasteiger partial charge in [0, 0.05) is 19.3 Å². The minimum atomic E-state index is -0.812. The summed E-state index contributed by atoms with van der Waals surface area (Å²) in [5.41, 5.74) is 0. The second kappa shape index (κ2) is 67.8. The highest BCUT2D eigenvalue weighted by molar-refractivity contribution is 5.71. The minimum Gasteiger partial charge on any atom is -0.462 e. The van der Waals surface area contributed by atoms with Gasteiger partial charge in [-0.1, -0.05) is 282 Å². The zero-order valence-electron chi connectivity index (χ0n) is 52.5. The van der Waals surface area contributed by atoms with Crippen molar-refractivity contribution < 1.29 is 28.6 Å². The maximum absolute atomic E-state index is 12.9. The number of hydrogen-bond acceptors (Lipinski definition) is 6. The lowest BCUT2D eigenvalue weighted by Gasteiger charge is -2.18. The van der Waals surface area contributed by atoms with Crippen molar-refractivity contribution in [1.82, 2.24) is 0 Å². The molecule has 0 aromatic rings. The summed E-state index contributed by atoms with van der Waals surface area (Å²) in [6.07, 6.45) is 97.2. The molecular formula is C75H122O6. The van der Waals surface area contributed by atoms with E-state index in [1.807, 2.05) is 0 Å². The Bertz CT molecular complexity index is 1760. The molecule has 1 atom stereocenters. The molecule has 0 saturated carbocycles. The zero-order chi connectivity index (χ0) is 58.5. The Labute approximate surface area is 499 Å². The van der Waals surface area contributed by atoms with Crippen LogP contribution in [-0.2, 0) is 28.6 Å². The molecule has 0 spiro atoms. The quantitative estimate of drug-likeness (QED) is 0.0261. The van der Waals surface area contributed by atoms with Crippen LogP contribution in [0.2, 0.25) is 0 Å². The number of unbranched alkanes of at least 4 members (excludes halogenated alkanes) is 24. The number of hydrogen-bond donors (Lipinski definition) is 0. The van der Waals surface area contributed by atoms with Gasteiger partial charge in [0.15, 0.2) is 6.10 Å². The lowest BCUT2D eigenvalue weighted by atomic mass is 10.0. The minimum absolute atomic E-state index is 0.103. The van der Waals surface area contributed by atoms with Gasteiger partial charge >= 0.3 is 17.9 Å². The van der Waals surface area contributed by atoms with Crippen LogP contribution in [0.4, 0.5) is 0 Å². The molecule has 0 heterocycles. The van der Waals surface area contributed by atoms with E-state index >= 15 is 0 Å². The first-order valence-corrected chi connectivity index (χ1v) is 33.3. The van der Waals surface area contributed by atoms with Crippen LogP contribution in [0, 0.1) is 0 Å². The Morgan fingerprint density at radius 2 is 0.494 bits per heavy atom. The monoisotopic (exact) mass is 1120 g/mol. The summed E-state index contributed by atoms with van der Waals surface area (Å²) in [6.45, 7) is 6.35. The number of rotatable bonds is 59. The van der Waals surface area contributed by atoms with Crippen molar-refractivity contribution in [1.29, 1.82) is 0 Å². The van der Waals surface area contributed by atoms with Crippen LogP contribution in [0.1, 0.15) is 290 Å². The third-order valence-corrected chi connectivity index (χ3v) is 13.8. The Hall–Kier alpha value is -4.71. The Kier molecular flexibility index (Phi) is 63.9. The fourth-order valence-electron chi connectivity index (χ4n) is 8.89. The van der Waals surface area contributed by atoms with E-state index in [1.165, 1.54) is 128 Å². The van der Waals surface area contributed by atoms with Gasteiger partial charge in [-0.2, -0.15) is 0 Å². The van der Waals surface area contributed by atoms with Crippen molar-refractivity contribution in [2.75, 3.05) is 13.2 Å². The summed E-state index contributed by atoms with van der Waals surface area (Å²) in [5, 5.41) is 0. The highest BCUT2D eigenvalue weighted by Crippen LogP contribution is 2.16. The van der Waals surface area contributed by atoms with Crippen LogP contribution in [0.3, 0.4) is 0 Å². The van der Waals surface area contributed by atoms with E-state index in [2.05, 4.69) is 167 Å². The molecule has 0 aliphatic rings. The third-order valence-electron chi connectivity index (χ3n) is 13.8. The molecule has 0 amide bonds. The van der Waals surface area contributed by atoms with Crippen molar-refractivity contribution in [3.8, 4) is 0 Å². The number of carbonyl (C=O) groups excluding carboxylic acids is 3. The SMILES string of the molecule is CC/C=C\C/C=C\C/C=C\C/C=C\C/C=C\CCCCCCCCCCCCCC(=O)OCC(COC(=O)CCC/C=C\C/C=C\C/C=C\C/C=C\C/C=C\CC)OC(=O)CCCCCCCCCCC/C=C\C/C=C\CCCCC. The van der Waals surface area contributed by atoms with Gasteiger partial charge in [0.2, 0.25) is 0 Å². The smallest absolute Gasteiger partial charge is 0.306 e. The maximum Gasteiger partial charge on any atom is 0.306 e. The second-order valence-corrected chi connectivity index (χ2v) is 21.6. The highest BCUT2D eigenvalue weighted by Gasteiger charge is 2.19. The van der Waals surface area contributed by atoms with Crippen LogP contribution in [0.25, 0.3) is 0 Å². The first-order valence-electron chi connectivity index (χ1n) is 33.3. The molecule has 0 saturated heterocycles. The van der Waals surface area contributed by atoms with E-state index in [1.54, 1.807) is 0 Å². The molecule has 6 heteroatoms. The first kappa shape index (κ1) is 76.3. The molecule has 0 aliphatic heterocycles. The molecule has 0 radical (unpaired) electrons. The van der Waals surface area contributed by atoms with Crippen molar-refractivity contribution in [2.24, 2.45) is 0 Å². The number of esters is 3. The first-order chi connectivity index (χ1) is 40.0. The van der Waals surface area contributed by atoms with E-state index in [4.69, 9.17) is 14.2 Å². The third kappa shape index (κ3) is 66.0. The second-order valence-electron chi connectivity index (χ2n) is 21.6. The standard InChI is InChI=1S/C75H122O6/c1-4-7-10-13-16-19-22-25-28-31-33-34-35-36-37-38-39-40-42-44-47-50-53-56-59-62-65-68-74(77)80-71-72(70-79-73(76)67-64-61-58-55-52-49-46-43-30-27-24-21-18-15-12-9-6-3)81-75(78)69-66-63-60-57-54-51-48-45-41-32-29-26-23-20-17-14-11-8-5-2/h7,9-10,12,16-21,25-30,33-34,36-37,46,49,55,58,72H,4-6,8,11,13-15,22-24,31-32,35,38-45,47-48,50-54,56-57,59-71H2,1-3H3/b10-7-,12-9-,19-16-,20-17-,21-18-,28-25-,29-26-,30-27-,34-33-,37-36-,49-46-,58-55-. The van der Waals surface area contributed by atoms with Crippen molar-refractivity contribution in [3.63, 3.8) is 0 Å². The van der Waals surface area contributed by atoms with Gasteiger partial charge < -0.3 is 14.2 Å². The van der Waals surface area contributed by atoms with E-state index in [0.29, 0.717) is 19.3 Å². The summed E-state index contributed by atoms with van der Waals surface area (Å²) >= 11 is 0. The molecule has 0 bridgehead atoms. The Balaban J connectivity index is 4.42. The van der Waals surface area contributed by atoms with Gasteiger partial charge in [0.25, 0.3) is 0 Å². The van der Waals surface area contributed by atoms with E-state index < -0.39 is 6.10 Å². The lowest BCUT2D eigenvalue weighted by Crippen LogP contribution is -2.30. The molecule has 0 aromatic carbocycles. The predicted octanol–water partition coefficient (Wildman–Crippen LogP) is 23.1. The van der Waals surface area contributed by atoms with Gasteiger partial charge in [-0.3, -0.25) is 14.4 Å². The number of ether oxygens (including phenoxy) is 3. The summed E-state index contributed by atoms with van der Waals surface area (Å²) in [6, 6.07) is 0. The fraction of sp³-hybridized carbons (Fsp3) is 0.640. The average Bonchev–Trinajstić information content (AvgIpc) is 3.47. The molecule has 6 nitrogen and oxygen atoms in total. The Morgan fingerprint density at radius 1 is 0.259 bits per heavy atom. The summed E-state index contributed by atoms with van der Waals surface area (Å²) in [7, 11) is 0. The molecule has 0 fully saturated rings. The van der Waals surface area contributed by atoms with Crippen molar-refractivity contribution >= 4 is 17.9 Å². The van der Waals surface area contributed by atoms with Crippen LogP contribution in [0.15, 0.2) is 146 Å². The summed E-state index contributed by atoms with van der Waals surface area (Å²) < 4.78 is 16.9. The van der Waals surface area contributed by atoms with E-state index in [-0.39, 0.29) is 37.5 Å². The van der Waals surface area contributed by atoms with E-state index in [0.717, 1.165) is 116 Å². The van der Waals surface area contributed by atoms with Gasteiger partial charge in [-0.05, 0) is 135 Å². The van der Waals surface area contributed by atoms with Gasteiger partial charge in [0.1, 0.15) is 13.2 Å². The topological polar surface area (TPSA) is 78.9 Å². The highest BCUT2D eigenvalue weighted by atomic mass is 16.6. The largest absolute Gasteiger partial charge is 0.462 e. The number of carbonyl (C=O) groups is 3. The molecule has 458 valence electrons. The fourth-order valence-corrected chi connectivity index (χ4v) is 8.89. The van der Waals surface area contributed by atoms with Crippen LogP contribution < -0.4 is 0 Å². The van der Waals surface area contributed by atoms with Gasteiger partial charge in [0.05, 0.1) is 0 Å². The van der Waals surface area contributed by atoms with Crippen molar-refractivity contribution in [2.45, 2.75) is 297 Å². The zero-order valence-corrected chi connectivity index (χ0v) is 52.5. The average molecular weight is 1120 g/mol. The molecular weight excluding hydrogens is 997 g/mol. The summed E-state index contributed by atoms with van der Waals surface area (Å²) in [4.78, 5) is 38.4. The van der Waals surface area contributed by atoms with Crippen molar-refractivity contribution in [3.05, 3.63) is 146 Å². The van der Waals surface area contributed by atoms with E-state index in [9.17, 15) is 14.4 Å². The molecule has 0 aliphatic carbocycles. The van der Waals surface area contributed by atoms with Crippen LogP contribution in [-0.4, -0.2) is 37.2 Å². The molecule has 1 unspecified atom stereocenters. The summed E-state index contributed by atoms with van der Waals surface area (Å²) in [5.74, 6) is -0.968. The van der Waals surface area contributed by atoms with Crippen LogP contribution >= 0.6 is 0 Å². The normalized spacial score (nSPS) is 13.1. The van der Waals surface area contributed by atoms with Gasteiger partial charge in [-0.15, -0.1) is 0 Å². The predicted molar refractivity (Wildman–Crippen MR) is 352 cm³/mol. The van der Waals surface area contributed by atoms with Gasteiger partial charge in [-0.25, -0.2) is 0 Å². The molecule has 0 aromatic heterocycles. The molecule has 81 heavy (non-hydrogen) atoms. The van der Waals surface area contributed by atoms with Crippen LogP contribution in [0.5, 0.6) is 0 Å². The molecule has 0 N–H and O–H groups in total. The Morgan fingerprint density at radius 3 is 0.802 bits per heavy atom. The number of allylic oxidation sites excluding steroid dienone is 24. The lowest BCUT2D eigenvalue weighted by molar-refractivity contribution is -0.167.